The number of benzene rings is 2. The lowest BCUT2D eigenvalue weighted by Crippen LogP contribution is -2.51. The Kier molecular flexibility index (Phi) is 6.13. The third kappa shape index (κ3) is 5.70. The molecule has 5 nitrogen and oxygen atoms in total. The van der Waals surface area contributed by atoms with Gasteiger partial charge in [0.1, 0.15) is 23.8 Å². The van der Waals surface area contributed by atoms with Gasteiger partial charge in [-0.15, -0.1) is 0 Å². The van der Waals surface area contributed by atoms with Gasteiger partial charge in [0.25, 0.3) is 0 Å². The second-order valence-electron chi connectivity index (χ2n) is 8.44. The van der Waals surface area contributed by atoms with Crippen molar-refractivity contribution in [3.8, 4) is 5.75 Å². The van der Waals surface area contributed by atoms with Crippen molar-refractivity contribution in [2.45, 2.75) is 51.4 Å². The second-order valence-corrected chi connectivity index (χ2v) is 8.44. The topological polar surface area (TPSA) is 59.0 Å². The van der Waals surface area contributed by atoms with Crippen LogP contribution in [0.2, 0.25) is 0 Å². The van der Waals surface area contributed by atoms with Crippen molar-refractivity contribution in [1.29, 1.82) is 0 Å². The Morgan fingerprint density at radius 2 is 1.79 bits per heavy atom. The predicted molar refractivity (Wildman–Crippen MR) is 109 cm³/mol. The summed E-state index contributed by atoms with van der Waals surface area (Å²) in [5.74, 6) is -0.550. The lowest BCUT2D eigenvalue weighted by Gasteiger charge is -2.38. The molecule has 2 aromatic carbocycles. The lowest BCUT2D eigenvalue weighted by molar-refractivity contribution is -0.179. The highest BCUT2D eigenvalue weighted by Crippen LogP contribution is 2.31. The summed E-state index contributed by atoms with van der Waals surface area (Å²) in [7, 11) is 0. The monoisotopic (exact) mass is 401 g/mol. The molecule has 156 valence electrons. The summed E-state index contributed by atoms with van der Waals surface area (Å²) in [4.78, 5) is 14.3. The van der Waals surface area contributed by atoms with Gasteiger partial charge in [-0.3, -0.25) is 0 Å². The first-order valence-electron chi connectivity index (χ1n) is 9.83. The van der Waals surface area contributed by atoms with Gasteiger partial charge in [-0.1, -0.05) is 30.3 Å². The molecule has 2 aromatic rings. The van der Waals surface area contributed by atoms with Crippen LogP contribution in [-0.4, -0.2) is 35.4 Å². The zero-order valence-corrected chi connectivity index (χ0v) is 17.2. The Labute approximate surface area is 171 Å². The number of piperidine rings is 1. The number of hydrogen-bond acceptors (Lipinski definition) is 5. The minimum atomic E-state index is -1.51. The zero-order valence-electron chi connectivity index (χ0n) is 17.2. The summed E-state index contributed by atoms with van der Waals surface area (Å²) >= 11 is 0. The van der Waals surface area contributed by atoms with E-state index in [0.29, 0.717) is 31.1 Å². The van der Waals surface area contributed by atoms with Gasteiger partial charge >= 0.3 is 5.97 Å². The molecular formula is C23H28FNO4. The second kappa shape index (κ2) is 8.41. The van der Waals surface area contributed by atoms with Crippen LogP contribution in [0.3, 0.4) is 0 Å². The van der Waals surface area contributed by atoms with Gasteiger partial charge in [0, 0.05) is 43.8 Å². The highest BCUT2D eigenvalue weighted by Gasteiger charge is 2.42. The van der Waals surface area contributed by atoms with Crippen LogP contribution < -0.4 is 9.64 Å². The van der Waals surface area contributed by atoms with Crippen LogP contribution in [0.25, 0.3) is 0 Å². The first kappa shape index (κ1) is 21.1. The fourth-order valence-corrected chi connectivity index (χ4v) is 3.27. The summed E-state index contributed by atoms with van der Waals surface area (Å²) in [6.45, 7) is 6.49. The summed E-state index contributed by atoms with van der Waals surface area (Å²) in [5, 5.41) is 10.7. The lowest BCUT2D eigenvalue weighted by atomic mass is 9.91. The number of aliphatic hydroxyl groups is 1. The van der Waals surface area contributed by atoms with Gasteiger partial charge in [-0.05, 0) is 32.4 Å². The summed E-state index contributed by atoms with van der Waals surface area (Å²) in [5.41, 5.74) is -0.501. The van der Waals surface area contributed by atoms with Crippen molar-refractivity contribution in [2.24, 2.45) is 0 Å². The SMILES string of the molecule is CC(C)(C)OC(=O)C1(O)CCN(c2cc(F)cc(OCc3ccccc3)c2)CC1. The molecule has 0 aliphatic carbocycles. The molecule has 0 aromatic heterocycles. The van der Waals surface area contributed by atoms with E-state index in [4.69, 9.17) is 9.47 Å². The first-order valence-corrected chi connectivity index (χ1v) is 9.83. The van der Waals surface area contributed by atoms with E-state index in [0.717, 1.165) is 5.56 Å². The molecule has 0 atom stereocenters. The van der Waals surface area contributed by atoms with Crippen LogP contribution >= 0.6 is 0 Å². The summed E-state index contributed by atoms with van der Waals surface area (Å²) in [6.07, 6.45) is 0.442. The average Bonchev–Trinajstić information content (AvgIpc) is 2.66. The summed E-state index contributed by atoms with van der Waals surface area (Å²) < 4.78 is 25.2. The predicted octanol–water partition coefficient (Wildman–Crippen LogP) is 4.08. The Morgan fingerprint density at radius 1 is 1.14 bits per heavy atom. The molecule has 6 heteroatoms. The Hall–Kier alpha value is -2.60. The van der Waals surface area contributed by atoms with Crippen LogP contribution in [-0.2, 0) is 16.1 Å². The number of nitrogens with zero attached hydrogens (tertiary/aromatic N) is 1. The minimum Gasteiger partial charge on any atom is -0.489 e. The van der Waals surface area contributed by atoms with Crippen molar-refractivity contribution >= 4 is 11.7 Å². The first-order chi connectivity index (χ1) is 13.6. The maximum Gasteiger partial charge on any atom is 0.338 e. The molecule has 0 unspecified atom stereocenters. The van der Waals surface area contributed by atoms with E-state index < -0.39 is 23.0 Å². The van der Waals surface area contributed by atoms with Gasteiger partial charge in [0.15, 0.2) is 5.60 Å². The maximum absolute atomic E-state index is 14.1. The van der Waals surface area contributed by atoms with Crippen molar-refractivity contribution in [3.63, 3.8) is 0 Å². The fraction of sp³-hybridized carbons (Fsp3) is 0.435. The molecule has 1 aliphatic heterocycles. The van der Waals surface area contributed by atoms with E-state index in [1.54, 1.807) is 26.8 Å². The number of carbonyl (C=O) groups excluding carboxylic acids is 1. The van der Waals surface area contributed by atoms with Crippen molar-refractivity contribution in [3.05, 3.63) is 59.9 Å². The van der Waals surface area contributed by atoms with E-state index in [-0.39, 0.29) is 12.8 Å². The number of anilines is 1. The molecule has 1 heterocycles. The molecule has 0 saturated carbocycles. The molecule has 1 saturated heterocycles. The number of ether oxygens (including phenoxy) is 2. The standard InChI is InChI=1S/C23H28FNO4/c1-22(2,3)29-21(26)23(27)9-11-25(12-10-23)19-13-18(24)14-20(15-19)28-16-17-7-5-4-6-8-17/h4-8,13-15,27H,9-12,16H2,1-3H3. The number of hydrogen-bond donors (Lipinski definition) is 1. The van der Waals surface area contributed by atoms with Crippen LogP contribution in [0.5, 0.6) is 5.75 Å². The highest BCUT2D eigenvalue weighted by atomic mass is 19.1. The molecule has 1 fully saturated rings. The Balaban J connectivity index is 1.64. The van der Waals surface area contributed by atoms with Gasteiger partial charge < -0.3 is 19.5 Å². The molecular weight excluding hydrogens is 373 g/mol. The van der Waals surface area contributed by atoms with Crippen LogP contribution in [0.4, 0.5) is 10.1 Å². The summed E-state index contributed by atoms with van der Waals surface area (Å²) in [6, 6.07) is 14.2. The zero-order chi connectivity index (χ0) is 21.1. The van der Waals surface area contributed by atoms with Crippen LogP contribution in [0.1, 0.15) is 39.2 Å². The van der Waals surface area contributed by atoms with Crippen LogP contribution in [0.15, 0.2) is 48.5 Å². The minimum absolute atomic E-state index is 0.221. The molecule has 0 radical (unpaired) electrons. The molecule has 0 amide bonds. The number of rotatable bonds is 5. The van der Waals surface area contributed by atoms with Gasteiger partial charge in [-0.2, -0.15) is 0 Å². The van der Waals surface area contributed by atoms with E-state index >= 15 is 0 Å². The largest absolute Gasteiger partial charge is 0.489 e. The van der Waals surface area contributed by atoms with Crippen LogP contribution in [0, 0.1) is 5.82 Å². The normalized spacial score (nSPS) is 16.4. The van der Waals surface area contributed by atoms with Crippen molar-refractivity contribution < 1.29 is 23.8 Å². The quantitative estimate of drug-likeness (QED) is 0.765. The molecule has 0 spiro atoms. The Morgan fingerprint density at radius 3 is 2.41 bits per heavy atom. The fourth-order valence-electron chi connectivity index (χ4n) is 3.27. The van der Waals surface area contributed by atoms with E-state index in [9.17, 15) is 14.3 Å². The molecule has 0 bridgehead atoms. The number of esters is 1. The molecule has 1 N–H and O–H groups in total. The maximum atomic E-state index is 14.1. The van der Waals surface area contributed by atoms with Crippen molar-refractivity contribution in [1.82, 2.24) is 0 Å². The smallest absolute Gasteiger partial charge is 0.338 e. The Bertz CT molecular complexity index is 840. The third-order valence-corrected chi connectivity index (χ3v) is 4.84. The van der Waals surface area contributed by atoms with Gasteiger partial charge in [0.05, 0.1) is 0 Å². The molecule has 3 rings (SSSR count). The highest BCUT2D eigenvalue weighted by molar-refractivity contribution is 5.80. The van der Waals surface area contributed by atoms with Crippen molar-refractivity contribution in [2.75, 3.05) is 18.0 Å². The van der Waals surface area contributed by atoms with E-state index in [1.165, 1.54) is 12.1 Å². The number of halogens is 1. The van der Waals surface area contributed by atoms with E-state index in [2.05, 4.69) is 0 Å². The molecule has 29 heavy (non-hydrogen) atoms. The van der Waals surface area contributed by atoms with Gasteiger partial charge in [0.2, 0.25) is 0 Å². The number of carbonyl (C=O) groups is 1. The van der Waals surface area contributed by atoms with E-state index in [1.807, 2.05) is 35.2 Å². The average molecular weight is 401 g/mol. The molecule has 1 aliphatic rings. The third-order valence-electron chi connectivity index (χ3n) is 4.84. The van der Waals surface area contributed by atoms with Gasteiger partial charge in [-0.25, -0.2) is 9.18 Å².